The second-order valence-corrected chi connectivity index (χ2v) is 4.26. The SMILES string of the molecule is NCc1ccccc1N1CC(Cl)CC1=O. The molecular formula is C11H13ClN2O. The largest absolute Gasteiger partial charge is 0.326 e. The fourth-order valence-electron chi connectivity index (χ4n) is 1.84. The minimum atomic E-state index is -0.0802. The molecular weight excluding hydrogens is 212 g/mol. The monoisotopic (exact) mass is 224 g/mol. The highest BCUT2D eigenvalue weighted by atomic mass is 35.5. The zero-order valence-corrected chi connectivity index (χ0v) is 9.07. The highest BCUT2D eigenvalue weighted by Gasteiger charge is 2.29. The lowest BCUT2D eigenvalue weighted by Gasteiger charge is -2.19. The van der Waals surface area contributed by atoms with Crippen LogP contribution in [0.1, 0.15) is 12.0 Å². The van der Waals surface area contributed by atoms with E-state index in [1.807, 2.05) is 24.3 Å². The normalized spacial score (nSPS) is 21.1. The summed E-state index contributed by atoms with van der Waals surface area (Å²) in [5.41, 5.74) is 7.51. The number of hydrogen-bond acceptors (Lipinski definition) is 2. The van der Waals surface area contributed by atoms with Crippen LogP contribution in [-0.4, -0.2) is 17.8 Å². The third-order valence-electron chi connectivity index (χ3n) is 2.58. The van der Waals surface area contributed by atoms with E-state index in [0.717, 1.165) is 11.3 Å². The molecule has 4 heteroatoms. The molecule has 0 spiro atoms. The van der Waals surface area contributed by atoms with Crippen molar-refractivity contribution in [1.29, 1.82) is 0 Å². The van der Waals surface area contributed by atoms with Gasteiger partial charge in [0.15, 0.2) is 0 Å². The van der Waals surface area contributed by atoms with Crippen LogP contribution in [0, 0.1) is 0 Å². The van der Waals surface area contributed by atoms with Crippen molar-refractivity contribution in [2.24, 2.45) is 5.73 Å². The van der Waals surface area contributed by atoms with E-state index in [4.69, 9.17) is 17.3 Å². The van der Waals surface area contributed by atoms with Crippen molar-refractivity contribution < 1.29 is 4.79 Å². The van der Waals surface area contributed by atoms with Crippen LogP contribution in [-0.2, 0) is 11.3 Å². The van der Waals surface area contributed by atoms with Gasteiger partial charge in [0.1, 0.15) is 0 Å². The first-order chi connectivity index (χ1) is 7.22. The van der Waals surface area contributed by atoms with Crippen LogP contribution in [0.5, 0.6) is 0 Å². The number of amides is 1. The molecule has 1 heterocycles. The maximum atomic E-state index is 11.7. The lowest BCUT2D eigenvalue weighted by atomic mass is 10.1. The standard InChI is InChI=1S/C11H13ClN2O/c12-9-5-11(15)14(7-9)10-4-2-1-3-8(10)6-13/h1-4,9H,5-7,13H2. The Morgan fingerprint density at radius 2 is 2.20 bits per heavy atom. The van der Waals surface area contributed by atoms with Gasteiger partial charge in [-0.3, -0.25) is 4.79 Å². The number of alkyl halides is 1. The number of rotatable bonds is 2. The first-order valence-corrected chi connectivity index (χ1v) is 5.38. The highest BCUT2D eigenvalue weighted by Crippen LogP contribution is 2.26. The summed E-state index contributed by atoms with van der Waals surface area (Å²) in [5, 5.41) is -0.0802. The molecule has 2 rings (SSSR count). The summed E-state index contributed by atoms with van der Waals surface area (Å²) in [4.78, 5) is 13.4. The predicted octanol–water partition coefficient (Wildman–Crippen LogP) is 1.49. The Labute approximate surface area is 93.8 Å². The number of hydrogen-bond donors (Lipinski definition) is 1. The molecule has 1 saturated heterocycles. The van der Waals surface area contributed by atoms with E-state index in [1.165, 1.54) is 0 Å². The van der Waals surface area contributed by atoms with Crippen molar-refractivity contribution in [2.45, 2.75) is 18.3 Å². The van der Waals surface area contributed by atoms with Crippen molar-refractivity contribution in [3.63, 3.8) is 0 Å². The molecule has 1 aliphatic heterocycles. The molecule has 15 heavy (non-hydrogen) atoms. The number of para-hydroxylation sites is 1. The van der Waals surface area contributed by atoms with Crippen LogP contribution in [0.2, 0.25) is 0 Å². The Bertz CT molecular complexity index is 381. The van der Waals surface area contributed by atoms with Crippen LogP contribution in [0.15, 0.2) is 24.3 Å². The van der Waals surface area contributed by atoms with Crippen molar-refractivity contribution in [2.75, 3.05) is 11.4 Å². The van der Waals surface area contributed by atoms with Gasteiger partial charge in [-0.1, -0.05) is 18.2 Å². The van der Waals surface area contributed by atoms with Crippen molar-refractivity contribution >= 4 is 23.2 Å². The highest BCUT2D eigenvalue weighted by molar-refractivity contribution is 6.24. The number of benzene rings is 1. The molecule has 0 saturated carbocycles. The third kappa shape index (κ3) is 1.98. The van der Waals surface area contributed by atoms with E-state index in [1.54, 1.807) is 4.90 Å². The minimum absolute atomic E-state index is 0.0795. The average molecular weight is 225 g/mol. The molecule has 1 fully saturated rings. The van der Waals surface area contributed by atoms with Gasteiger partial charge in [-0.2, -0.15) is 0 Å². The molecule has 0 aliphatic carbocycles. The number of nitrogens with two attached hydrogens (primary N) is 1. The van der Waals surface area contributed by atoms with Crippen LogP contribution < -0.4 is 10.6 Å². The number of nitrogens with zero attached hydrogens (tertiary/aromatic N) is 1. The molecule has 3 nitrogen and oxygen atoms in total. The van der Waals surface area contributed by atoms with Crippen LogP contribution >= 0.6 is 11.6 Å². The summed E-state index contributed by atoms with van der Waals surface area (Å²) in [7, 11) is 0. The van der Waals surface area contributed by atoms with E-state index in [-0.39, 0.29) is 11.3 Å². The number of anilines is 1. The first kappa shape index (κ1) is 10.5. The molecule has 1 unspecified atom stereocenters. The van der Waals surface area contributed by atoms with Crippen LogP contribution in [0.3, 0.4) is 0 Å². The second-order valence-electron chi connectivity index (χ2n) is 3.64. The molecule has 0 aromatic heterocycles. The van der Waals surface area contributed by atoms with Gasteiger partial charge in [0.2, 0.25) is 5.91 Å². The molecule has 0 radical (unpaired) electrons. The maximum absolute atomic E-state index is 11.7. The summed E-state index contributed by atoms with van der Waals surface area (Å²) >= 11 is 5.95. The van der Waals surface area contributed by atoms with Crippen molar-refractivity contribution in [3.05, 3.63) is 29.8 Å². The van der Waals surface area contributed by atoms with E-state index in [2.05, 4.69) is 0 Å². The number of carbonyl (C=O) groups excluding carboxylic acids is 1. The molecule has 1 aliphatic rings. The fraction of sp³-hybridized carbons (Fsp3) is 0.364. The average Bonchev–Trinajstić information content (AvgIpc) is 2.57. The molecule has 1 aromatic rings. The lowest BCUT2D eigenvalue weighted by molar-refractivity contribution is -0.117. The molecule has 1 atom stereocenters. The Hall–Kier alpha value is -1.06. The number of carbonyl (C=O) groups is 1. The quantitative estimate of drug-likeness (QED) is 0.774. The van der Waals surface area contributed by atoms with Crippen LogP contribution in [0.25, 0.3) is 0 Å². The number of halogens is 1. The smallest absolute Gasteiger partial charge is 0.228 e. The van der Waals surface area contributed by atoms with E-state index < -0.39 is 0 Å². The zero-order chi connectivity index (χ0) is 10.8. The van der Waals surface area contributed by atoms with Gasteiger partial charge in [0.25, 0.3) is 0 Å². The Kier molecular flexibility index (Phi) is 2.93. The topological polar surface area (TPSA) is 46.3 Å². The Balaban J connectivity index is 2.33. The fourth-order valence-corrected chi connectivity index (χ4v) is 2.11. The van der Waals surface area contributed by atoms with Gasteiger partial charge < -0.3 is 10.6 Å². The van der Waals surface area contributed by atoms with E-state index >= 15 is 0 Å². The summed E-state index contributed by atoms with van der Waals surface area (Å²) < 4.78 is 0. The van der Waals surface area contributed by atoms with Gasteiger partial charge >= 0.3 is 0 Å². The molecule has 1 aromatic carbocycles. The van der Waals surface area contributed by atoms with E-state index in [9.17, 15) is 4.79 Å². The Morgan fingerprint density at radius 3 is 2.80 bits per heavy atom. The molecule has 1 amide bonds. The van der Waals surface area contributed by atoms with Gasteiger partial charge in [-0.25, -0.2) is 0 Å². The summed E-state index contributed by atoms with van der Waals surface area (Å²) in [6.07, 6.45) is 0.417. The Morgan fingerprint density at radius 1 is 1.47 bits per heavy atom. The summed E-state index contributed by atoms with van der Waals surface area (Å²) in [6, 6.07) is 7.67. The maximum Gasteiger partial charge on any atom is 0.228 e. The second kappa shape index (κ2) is 4.21. The van der Waals surface area contributed by atoms with Crippen molar-refractivity contribution in [3.8, 4) is 0 Å². The molecule has 80 valence electrons. The van der Waals surface area contributed by atoms with Gasteiger partial charge in [-0.15, -0.1) is 11.6 Å². The van der Waals surface area contributed by atoms with Gasteiger partial charge in [0.05, 0.1) is 5.38 Å². The summed E-state index contributed by atoms with van der Waals surface area (Å²) in [6.45, 7) is 1.02. The zero-order valence-electron chi connectivity index (χ0n) is 8.32. The van der Waals surface area contributed by atoms with Crippen LogP contribution in [0.4, 0.5) is 5.69 Å². The van der Waals surface area contributed by atoms with Gasteiger partial charge in [0, 0.05) is 25.2 Å². The lowest BCUT2D eigenvalue weighted by Crippen LogP contribution is -2.26. The molecule has 0 bridgehead atoms. The molecule has 2 N–H and O–H groups in total. The minimum Gasteiger partial charge on any atom is -0.326 e. The van der Waals surface area contributed by atoms with Crippen molar-refractivity contribution in [1.82, 2.24) is 0 Å². The summed E-state index contributed by atoms with van der Waals surface area (Å²) in [5.74, 6) is 0.0795. The third-order valence-corrected chi connectivity index (χ3v) is 2.87. The first-order valence-electron chi connectivity index (χ1n) is 4.94. The predicted molar refractivity (Wildman–Crippen MR) is 60.9 cm³/mol. The van der Waals surface area contributed by atoms with Gasteiger partial charge in [-0.05, 0) is 11.6 Å². The van der Waals surface area contributed by atoms with E-state index in [0.29, 0.717) is 19.5 Å².